The van der Waals surface area contributed by atoms with E-state index in [1.165, 1.54) is 0 Å². The first-order valence-electron chi connectivity index (χ1n) is 10.7. The standard InChI is InChI=1S/C24H30N4O3/c1-17(22-26-21-13-6-5-12-20(21)23(29)27-22)28(15-8-4-3-7-14-25)24(30)18-10-9-11-19(16-18)31-2/h5-6,9-13,16-17H,3-4,7-8,14-15,25H2,1-2H3,(H,26,27,29). The molecule has 0 aliphatic carbocycles. The molecule has 0 radical (unpaired) electrons. The summed E-state index contributed by atoms with van der Waals surface area (Å²) in [5.41, 5.74) is 6.54. The number of hydrogen-bond acceptors (Lipinski definition) is 5. The van der Waals surface area contributed by atoms with Crippen molar-refractivity contribution < 1.29 is 9.53 Å². The number of hydrogen-bond donors (Lipinski definition) is 2. The first-order valence-corrected chi connectivity index (χ1v) is 10.7. The fourth-order valence-electron chi connectivity index (χ4n) is 3.62. The van der Waals surface area contributed by atoms with Crippen LogP contribution >= 0.6 is 0 Å². The zero-order valence-electron chi connectivity index (χ0n) is 18.1. The van der Waals surface area contributed by atoms with Crippen molar-refractivity contribution in [1.29, 1.82) is 0 Å². The van der Waals surface area contributed by atoms with E-state index in [1.54, 1.807) is 42.3 Å². The van der Waals surface area contributed by atoms with Gasteiger partial charge in [-0.05, 0) is 56.6 Å². The summed E-state index contributed by atoms with van der Waals surface area (Å²) in [5, 5.41) is 0.533. The number of benzene rings is 2. The Hall–Kier alpha value is -3.19. The summed E-state index contributed by atoms with van der Waals surface area (Å²) in [5.74, 6) is 0.974. The lowest BCUT2D eigenvalue weighted by Gasteiger charge is -2.29. The SMILES string of the molecule is COc1cccc(C(=O)N(CCCCCCN)C(C)c2nc3ccccc3c(=O)[nH]2)c1. The van der Waals surface area contributed by atoms with E-state index in [4.69, 9.17) is 10.5 Å². The van der Waals surface area contributed by atoms with Gasteiger partial charge < -0.3 is 20.4 Å². The molecule has 0 spiro atoms. The smallest absolute Gasteiger partial charge is 0.258 e. The average molecular weight is 423 g/mol. The van der Waals surface area contributed by atoms with Gasteiger partial charge >= 0.3 is 0 Å². The molecule has 164 valence electrons. The number of H-pyrrole nitrogens is 1. The number of nitrogens with zero attached hydrogens (tertiary/aromatic N) is 2. The number of nitrogens with two attached hydrogens (primary N) is 1. The number of amides is 1. The van der Waals surface area contributed by atoms with Gasteiger partial charge in [0, 0.05) is 12.1 Å². The molecular weight excluding hydrogens is 392 g/mol. The maximum absolute atomic E-state index is 13.4. The summed E-state index contributed by atoms with van der Waals surface area (Å²) in [6.45, 7) is 3.12. The number of fused-ring (bicyclic) bond motifs is 1. The zero-order valence-corrected chi connectivity index (χ0v) is 18.1. The van der Waals surface area contributed by atoms with Gasteiger partial charge in [-0.2, -0.15) is 0 Å². The Morgan fingerprint density at radius 2 is 1.90 bits per heavy atom. The summed E-state index contributed by atoms with van der Waals surface area (Å²) < 4.78 is 5.28. The second kappa shape index (κ2) is 10.7. The lowest BCUT2D eigenvalue weighted by molar-refractivity contribution is 0.0678. The third-order valence-corrected chi connectivity index (χ3v) is 5.43. The molecule has 1 atom stereocenters. The molecule has 31 heavy (non-hydrogen) atoms. The van der Waals surface area contributed by atoms with Crippen molar-refractivity contribution in [1.82, 2.24) is 14.9 Å². The Morgan fingerprint density at radius 3 is 2.68 bits per heavy atom. The fraction of sp³-hybridized carbons (Fsp3) is 0.375. The number of para-hydroxylation sites is 1. The second-order valence-electron chi connectivity index (χ2n) is 7.58. The molecule has 0 aliphatic heterocycles. The molecule has 1 aromatic heterocycles. The molecule has 0 saturated heterocycles. The first kappa shape index (κ1) is 22.5. The van der Waals surface area contributed by atoms with Gasteiger partial charge in [-0.1, -0.05) is 31.0 Å². The molecule has 1 heterocycles. The molecule has 7 heteroatoms. The van der Waals surface area contributed by atoms with Crippen LogP contribution in [0.4, 0.5) is 0 Å². The van der Waals surface area contributed by atoms with E-state index in [9.17, 15) is 9.59 Å². The summed E-state index contributed by atoms with van der Waals surface area (Å²) >= 11 is 0. The van der Waals surface area contributed by atoms with Crippen LogP contribution in [0.2, 0.25) is 0 Å². The van der Waals surface area contributed by atoms with Crippen molar-refractivity contribution >= 4 is 16.8 Å². The normalized spacial score (nSPS) is 12.0. The van der Waals surface area contributed by atoms with E-state index in [2.05, 4.69) is 9.97 Å². The molecule has 3 rings (SSSR count). The Balaban J connectivity index is 1.90. The van der Waals surface area contributed by atoms with E-state index < -0.39 is 6.04 Å². The Kier molecular flexibility index (Phi) is 7.78. The van der Waals surface area contributed by atoms with Crippen LogP contribution in [-0.2, 0) is 0 Å². The number of unbranched alkanes of at least 4 members (excludes halogenated alkanes) is 3. The minimum absolute atomic E-state index is 0.124. The van der Waals surface area contributed by atoms with Gasteiger partial charge in [0.1, 0.15) is 11.6 Å². The molecular formula is C24H30N4O3. The van der Waals surface area contributed by atoms with Crippen LogP contribution in [0.15, 0.2) is 53.3 Å². The molecule has 0 bridgehead atoms. The van der Waals surface area contributed by atoms with Crippen molar-refractivity contribution in [2.24, 2.45) is 5.73 Å². The highest BCUT2D eigenvalue weighted by Gasteiger charge is 2.25. The van der Waals surface area contributed by atoms with Crippen LogP contribution in [0.3, 0.4) is 0 Å². The van der Waals surface area contributed by atoms with Crippen molar-refractivity contribution in [2.45, 2.75) is 38.6 Å². The van der Waals surface area contributed by atoms with E-state index in [0.717, 1.165) is 25.7 Å². The molecule has 0 saturated carbocycles. The number of aromatic nitrogens is 2. The van der Waals surface area contributed by atoms with Crippen LogP contribution in [0.5, 0.6) is 5.75 Å². The van der Waals surface area contributed by atoms with Crippen LogP contribution in [-0.4, -0.2) is 41.0 Å². The first-order chi connectivity index (χ1) is 15.0. The fourth-order valence-corrected chi connectivity index (χ4v) is 3.62. The van der Waals surface area contributed by atoms with Crippen LogP contribution in [0.25, 0.3) is 10.9 Å². The lowest BCUT2D eigenvalue weighted by Crippen LogP contribution is -2.36. The van der Waals surface area contributed by atoms with Crippen molar-refractivity contribution in [3.05, 3.63) is 70.3 Å². The Labute approximate surface area is 182 Å². The highest BCUT2D eigenvalue weighted by molar-refractivity contribution is 5.94. The van der Waals surface area contributed by atoms with Gasteiger partial charge in [0.05, 0.1) is 24.1 Å². The number of carbonyl (C=O) groups is 1. The van der Waals surface area contributed by atoms with Crippen LogP contribution < -0.4 is 16.0 Å². The third kappa shape index (κ3) is 5.49. The van der Waals surface area contributed by atoms with Gasteiger partial charge in [-0.25, -0.2) is 4.98 Å². The average Bonchev–Trinajstić information content (AvgIpc) is 2.80. The second-order valence-corrected chi connectivity index (χ2v) is 7.58. The van der Waals surface area contributed by atoms with Crippen molar-refractivity contribution in [3.8, 4) is 5.75 Å². The highest BCUT2D eigenvalue weighted by atomic mass is 16.5. The summed E-state index contributed by atoms with van der Waals surface area (Å²) in [4.78, 5) is 35.3. The van der Waals surface area contributed by atoms with Gasteiger partial charge in [-0.3, -0.25) is 9.59 Å². The minimum Gasteiger partial charge on any atom is -0.497 e. The molecule has 1 amide bonds. The predicted molar refractivity (Wildman–Crippen MR) is 122 cm³/mol. The Morgan fingerprint density at radius 1 is 1.13 bits per heavy atom. The number of nitrogens with one attached hydrogen (secondary N) is 1. The number of methoxy groups -OCH3 is 1. The lowest BCUT2D eigenvalue weighted by atomic mass is 10.1. The predicted octanol–water partition coefficient (Wildman–Crippen LogP) is 3.65. The summed E-state index contributed by atoms with van der Waals surface area (Å²) in [6.07, 6.45) is 3.82. The molecule has 1 unspecified atom stereocenters. The van der Waals surface area contributed by atoms with Gasteiger partial charge in [0.2, 0.25) is 0 Å². The minimum atomic E-state index is -0.398. The third-order valence-electron chi connectivity index (χ3n) is 5.43. The number of aromatic amines is 1. The van der Waals surface area contributed by atoms with Gasteiger partial charge in [-0.15, -0.1) is 0 Å². The van der Waals surface area contributed by atoms with Crippen LogP contribution in [0.1, 0.15) is 54.8 Å². The van der Waals surface area contributed by atoms with E-state index in [1.807, 2.05) is 25.1 Å². The van der Waals surface area contributed by atoms with E-state index in [-0.39, 0.29) is 11.5 Å². The summed E-state index contributed by atoms with van der Waals surface area (Å²) in [6, 6.07) is 13.9. The number of rotatable bonds is 10. The van der Waals surface area contributed by atoms with Gasteiger partial charge in [0.15, 0.2) is 0 Å². The van der Waals surface area contributed by atoms with Crippen LogP contribution in [0, 0.1) is 0 Å². The highest BCUT2D eigenvalue weighted by Crippen LogP contribution is 2.23. The zero-order chi connectivity index (χ0) is 22.2. The monoisotopic (exact) mass is 422 g/mol. The topological polar surface area (TPSA) is 101 Å². The van der Waals surface area contributed by atoms with Gasteiger partial charge in [0.25, 0.3) is 11.5 Å². The van der Waals surface area contributed by atoms with Crippen molar-refractivity contribution in [3.63, 3.8) is 0 Å². The largest absolute Gasteiger partial charge is 0.497 e. The van der Waals surface area contributed by atoms with E-state index >= 15 is 0 Å². The molecule has 3 aromatic rings. The molecule has 2 aromatic carbocycles. The van der Waals surface area contributed by atoms with Crippen molar-refractivity contribution in [2.75, 3.05) is 20.2 Å². The Bertz CT molecular complexity index is 1080. The molecule has 0 fully saturated rings. The number of ether oxygens (including phenoxy) is 1. The number of carbonyl (C=O) groups excluding carboxylic acids is 1. The maximum Gasteiger partial charge on any atom is 0.258 e. The molecule has 3 N–H and O–H groups in total. The summed E-state index contributed by atoms with van der Waals surface area (Å²) in [7, 11) is 1.57. The molecule has 7 nitrogen and oxygen atoms in total. The van der Waals surface area contributed by atoms with E-state index in [0.29, 0.717) is 41.1 Å². The quantitative estimate of drug-likeness (QED) is 0.486. The molecule has 0 aliphatic rings. The maximum atomic E-state index is 13.4.